The average molecular weight is 602 g/mol. The standard InChI is InChI=1S/C27H28IN3O3S/c1-4-15-34-25-22(28)16-19(17-23(25)33-3)18-24-26(32)31(5-2)27(35-24)29-20-9-11-21(12-10-20)30-13-7-6-8-14-30/h1,9-12,16-18H,5-8,13-15H2,2-3H3/b24-18-,29-27?. The van der Waals surface area contributed by atoms with Crippen LogP contribution in [0.3, 0.4) is 0 Å². The zero-order chi connectivity index (χ0) is 24.8. The monoisotopic (exact) mass is 601 g/mol. The Balaban J connectivity index is 1.57. The van der Waals surface area contributed by atoms with Crippen LogP contribution < -0.4 is 14.4 Å². The number of ether oxygens (including phenoxy) is 2. The molecule has 6 nitrogen and oxygen atoms in total. The lowest BCUT2D eigenvalue weighted by atomic mass is 10.1. The number of hydrogen-bond donors (Lipinski definition) is 0. The van der Waals surface area contributed by atoms with Crippen LogP contribution in [0.15, 0.2) is 46.3 Å². The smallest absolute Gasteiger partial charge is 0.266 e. The van der Waals surface area contributed by atoms with Crippen LogP contribution in [0.4, 0.5) is 11.4 Å². The molecule has 2 aliphatic heterocycles. The molecule has 4 rings (SSSR count). The van der Waals surface area contributed by atoms with E-state index in [0.717, 1.165) is 27.9 Å². The number of likely N-dealkylation sites (N-methyl/N-ethyl adjacent to an activating group) is 1. The number of amides is 1. The summed E-state index contributed by atoms with van der Waals surface area (Å²) in [6.45, 7) is 4.88. The van der Waals surface area contributed by atoms with Gasteiger partial charge in [-0.15, -0.1) is 6.42 Å². The Morgan fingerprint density at radius 1 is 1.20 bits per heavy atom. The molecule has 0 radical (unpaired) electrons. The molecule has 2 saturated heterocycles. The number of rotatable bonds is 7. The Hall–Kier alpha value is -2.64. The number of carbonyl (C=O) groups is 1. The summed E-state index contributed by atoms with van der Waals surface area (Å²) >= 11 is 3.57. The van der Waals surface area contributed by atoms with Crippen molar-refractivity contribution in [3.8, 4) is 23.8 Å². The minimum atomic E-state index is -0.0529. The molecule has 0 N–H and O–H groups in total. The van der Waals surface area contributed by atoms with Gasteiger partial charge in [-0.25, -0.2) is 4.99 Å². The molecular formula is C27H28IN3O3S. The van der Waals surface area contributed by atoms with Gasteiger partial charge in [0.25, 0.3) is 5.91 Å². The van der Waals surface area contributed by atoms with E-state index in [4.69, 9.17) is 20.9 Å². The minimum absolute atomic E-state index is 0.0529. The molecule has 2 aliphatic rings. The molecule has 2 aromatic rings. The maximum absolute atomic E-state index is 13.1. The first-order valence-electron chi connectivity index (χ1n) is 11.6. The number of thioether (sulfide) groups is 1. The molecule has 2 aromatic carbocycles. The molecule has 0 spiro atoms. The summed E-state index contributed by atoms with van der Waals surface area (Å²) in [7, 11) is 1.58. The van der Waals surface area contributed by atoms with Crippen LogP contribution in [0.25, 0.3) is 6.08 Å². The number of carbonyl (C=O) groups excluding carboxylic acids is 1. The van der Waals surface area contributed by atoms with E-state index >= 15 is 0 Å². The van der Waals surface area contributed by atoms with E-state index in [9.17, 15) is 4.79 Å². The van der Waals surface area contributed by atoms with E-state index in [1.54, 1.807) is 12.0 Å². The molecule has 0 bridgehead atoms. The van der Waals surface area contributed by atoms with Crippen LogP contribution in [0.5, 0.6) is 11.5 Å². The lowest BCUT2D eigenvalue weighted by molar-refractivity contribution is -0.122. The molecule has 0 unspecified atom stereocenters. The molecule has 0 aliphatic carbocycles. The number of methoxy groups -OCH3 is 1. The summed E-state index contributed by atoms with van der Waals surface area (Å²) in [5.74, 6) is 3.59. The molecule has 0 saturated carbocycles. The van der Waals surface area contributed by atoms with Gasteiger partial charge in [0.2, 0.25) is 0 Å². The summed E-state index contributed by atoms with van der Waals surface area (Å²) in [4.78, 5) is 22.7. The Kier molecular flexibility index (Phi) is 8.63. The predicted octanol–water partition coefficient (Wildman–Crippen LogP) is 5.93. The summed E-state index contributed by atoms with van der Waals surface area (Å²) in [5.41, 5.74) is 2.92. The predicted molar refractivity (Wildman–Crippen MR) is 153 cm³/mol. The number of benzene rings is 2. The van der Waals surface area contributed by atoms with Crippen molar-refractivity contribution in [2.75, 3.05) is 38.3 Å². The quantitative estimate of drug-likeness (QED) is 0.224. The molecule has 1 amide bonds. The number of anilines is 1. The van der Waals surface area contributed by atoms with Crippen LogP contribution in [0, 0.1) is 15.9 Å². The van der Waals surface area contributed by atoms with Crippen molar-refractivity contribution in [3.05, 3.63) is 50.4 Å². The zero-order valence-electron chi connectivity index (χ0n) is 19.9. The van der Waals surface area contributed by atoms with Gasteiger partial charge >= 0.3 is 0 Å². The third-order valence-corrected chi connectivity index (χ3v) is 7.66. The largest absolute Gasteiger partial charge is 0.493 e. The fourth-order valence-electron chi connectivity index (χ4n) is 4.10. The third kappa shape index (κ3) is 5.96. The van der Waals surface area contributed by atoms with Gasteiger partial charge in [-0.1, -0.05) is 5.92 Å². The van der Waals surface area contributed by atoms with Crippen LogP contribution in [0.1, 0.15) is 31.7 Å². The Morgan fingerprint density at radius 3 is 2.60 bits per heavy atom. The van der Waals surface area contributed by atoms with Crippen LogP contribution >= 0.6 is 34.4 Å². The molecule has 2 fully saturated rings. The van der Waals surface area contributed by atoms with Gasteiger partial charge in [0, 0.05) is 25.3 Å². The molecule has 0 atom stereocenters. The highest BCUT2D eigenvalue weighted by molar-refractivity contribution is 14.1. The first-order valence-corrected chi connectivity index (χ1v) is 13.5. The third-order valence-electron chi connectivity index (χ3n) is 5.85. The van der Waals surface area contributed by atoms with Crippen molar-refractivity contribution >= 4 is 62.9 Å². The lowest BCUT2D eigenvalue weighted by Crippen LogP contribution is -2.29. The molecule has 8 heteroatoms. The SMILES string of the molecule is C#CCOc1c(I)cc(/C=C2\SC(=Nc3ccc(N4CCCCC4)cc3)N(CC)C2=O)cc1OC. The van der Waals surface area contributed by atoms with E-state index in [0.29, 0.717) is 28.1 Å². The minimum Gasteiger partial charge on any atom is -0.493 e. The summed E-state index contributed by atoms with van der Waals surface area (Å²) < 4.78 is 12.0. The second-order valence-electron chi connectivity index (χ2n) is 8.15. The fraction of sp³-hybridized carbons (Fsp3) is 0.333. The number of aliphatic imine (C=N–C) groups is 1. The number of amidine groups is 1. The highest BCUT2D eigenvalue weighted by Crippen LogP contribution is 2.38. The maximum Gasteiger partial charge on any atom is 0.266 e. The number of hydrogen-bond acceptors (Lipinski definition) is 6. The number of nitrogens with zero attached hydrogens (tertiary/aromatic N) is 3. The Morgan fingerprint density at radius 2 is 1.94 bits per heavy atom. The van der Waals surface area contributed by atoms with Gasteiger partial charge in [0.15, 0.2) is 16.7 Å². The second kappa shape index (κ2) is 11.9. The van der Waals surface area contributed by atoms with Crippen molar-refractivity contribution in [3.63, 3.8) is 0 Å². The second-order valence-corrected chi connectivity index (χ2v) is 10.3. The van der Waals surface area contributed by atoms with Gasteiger partial charge in [0.1, 0.15) is 6.61 Å². The topological polar surface area (TPSA) is 54.4 Å². The van der Waals surface area contributed by atoms with Crippen molar-refractivity contribution in [1.82, 2.24) is 4.90 Å². The maximum atomic E-state index is 13.1. The van der Waals surface area contributed by atoms with E-state index in [1.165, 1.54) is 36.7 Å². The first kappa shape index (κ1) is 25.5. The van der Waals surface area contributed by atoms with E-state index in [2.05, 4.69) is 45.5 Å². The van der Waals surface area contributed by atoms with Crippen molar-refractivity contribution < 1.29 is 14.3 Å². The molecule has 0 aromatic heterocycles. The molecule has 2 heterocycles. The summed E-state index contributed by atoms with van der Waals surface area (Å²) in [6.07, 6.45) is 11.0. The number of halogens is 1. The summed E-state index contributed by atoms with van der Waals surface area (Å²) in [6, 6.07) is 12.1. The van der Waals surface area contributed by atoms with Crippen molar-refractivity contribution in [1.29, 1.82) is 0 Å². The number of terminal acetylenes is 1. The van der Waals surface area contributed by atoms with Crippen LogP contribution in [-0.2, 0) is 4.79 Å². The van der Waals surface area contributed by atoms with Crippen LogP contribution in [-0.4, -0.2) is 49.3 Å². The summed E-state index contributed by atoms with van der Waals surface area (Å²) in [5, 5.41) is 0.685. The molecular weight excluding hydrogens is 573 g/mol. The Bertz CT molecular complexity index is 1180. The highest BCUT2D eigenvalue weighted by atomic mass is 127. The van der Waals surface area contributed by atoms with Gasteiger partial charge in [-0.2, -0.15) is 0 Å². The number of piperidine rings is 1. The van der Waals surface area contributed by atoms with Gasteiger partial charge in [0.05, 0.1) is 21.3 Å². The van der Waals surface area contributed by atoms with Crippen LogP contribution in [0.2, 0.25) is 0 Å². The van der Waals surface area contributed by atoms with Crippen molar-refractivity contribution in [2.24, 2.45) is 4.99 Å². The molecule has 35 heavy (non-hydrogen) atoms. The van der Waals surface area contributed by atoms with Crippen molar-refractivity contribution in [2.45, 2.75) is 26.2 Å². The first-order chi connectivity index (χ1) is 17.0. The van der Waals surface area contributed by atoms with E-state index in [1.807, 2.05) is 37.3 Å². The van der Waals surface area contributed by atoms with Gasteiger partial charge < -0.3 is 14.4 Å². The molecule has 182 valence electrons. The normalized spacial score (nSPS) is 18.3. The van der Waals surface area contributed by atoms with Gasteiger partial charge in [-0.05, 0) is 109 Å². The average Bonchev–Trinajstić information content (AvgIpc) is 3.17. The highest BCUT2D eigenvalue weighted by Gasteiger charge is 2.32. The van der Waals surface area contributed by atoms with E-state index in [-0.39, 0.29) is 12.5 Å². The van der Waals surface area contributed by atoms with Gasteiger partial charge in [-0.3, -0.25) is 9.69 Å². The fourth-order valence-corrected chi connectivity index (χ4v) is 5.94. The zero-order valence-corrected chi connectivity index (χ0v) is 22.9. The lowest BCUT2D eigenvalue weighted by Gasteiger charge is -2.28. The van der Waals surface area contributed by atoms with E-state index < -0.39 is 0 Å². The Labute approximate surface area is 224 Å².